The number of rotatable bonds is 7. The van der Waals surface area contributed by atoms with Gasteiger partial charge in [0.1, 0.15) is 0 Å². The largest absolute Gasteiger partial charge is 0.368 e. The second-order valence-electron chi connectivity index (χ2n) is 5.61. The quantitative estimate of drug-likeness (QED) is 0.797. The molecule has 0 radical (unpaired) electrons. The number of hydrogen-bond donors (Lipinski definition) is 2. The number of hydrogen-bond acceptors (Lipinski definition) is 3. The predicted molar refractivity (Wildman–Crippen MR) is 84.6 cm³/mol. The van der Waals surface area contributed by atoms with Crippen molar-refractivity contribution in [2.24, 2.45) is 5.73 Å². The first kappa shape index (κ1) is 17.2. The molecule has 0 bridgehead atoms. The molecular weight excluding hydrogens is 320 g/mol. The number of nitrogens with zero attached hydrogens (tertiary/aromatic N) is 2. The number of aryl methyl sites for hydroxylation is 1. The number of carbonyl (C=O) groups excluding carboxylic acids is 1. The maximum atomic E-state index is 11.8. The van der Waals surface area contributed by atoms with E-state index in [-0.39, 0.29) is 11.9 Å². The Labute approximate surface area is 129 Å². The van der Waals surface area contributed by atoms with Crippen LogP contribution in [0.3, 0.4) is 0 Å². The van der Waals surface area contributed by atoms with Gasteiger partial charge in [-0.15, -0.1) is 0 Å². The summed E-state index contributed by atoms with van der Waals surface area (Å²) in [6, 6.07) is 0.0851. The van der Waals surface area contributed by atoms with E-state index < -0.39 is 5.54 Å². The maximum Gasteiger partial charge on any atom is 0.237 e. The van der Waals surface area contributed by atoms with Crippen molar-refractivity contribution in [2.75, 3.05) is 6.54 Å². The molecule has 1 amide bonds. The van der Waals surface area contributed by atoms with Crippen molar-refractivity contribution in [1.29, 1.82) is 0 Å². The van der Waals surface area contributed by atoms with E-state index in [0.717, 1.165) is 28.8 Å². The Kier molecular flexibility index (Phi) is 5.77. The molecule has 1 aromatic heterocycles. The van der Waals surface area contributed by atoms with E-state index >= 15 is 0 Å². The molecule has 2 atom stereocenters. The Hall–Kier alpha value is -0.880. The summed E-state index contributed by atoms with van der Waals surface area (Å²) in [6.07, 6.45) is 1.57. The van der Waals surface area contributed by atoms with Gasteiger partial charge >= 0.3 is 0 Å². The SMILES string of the molecule is CCCNC(C)(CC(C)n1nc(C)c(Br)c1C)C(N)=O. The van der Waals surface area contributed by atoms with Gasteiger partial charge in [0.05, 0.1) is 27.4 Å². The number of primary amides is 1. The molecule has 0 spiro atoms. The zero-order chi connectivity index (χ0) is 15.5. The third-order valence-corrected chi connectivity index (χ3v) is 4.81. The number of nitrogens with two attached hydrogens (primary N) is 1. The monoisotopic (exact) mass is 344 g/mol. The lowest BCUT2D eigenvalue weighted by Gasteiger charge is -2.30. The summed E-state index contributed by atoms with van der Waals surface area (Å²) in [5, 5.41) is 7.78. The highest BCUT2D eigenvalue weighted by Gasteiger charge is 2.33. The number of nitrogens with one attached hydrogen (secondary N) is 1. The van der Waals surface area contributed by atoms with E-state index in [2.05, 4.69) is 40.2 Å². The van der Waals surface area contributed by atoms with Gasteiger partial charge in [-0.05, 0) is 63.0 Å². The third-order valence-electron chi connectivity index (χ3n) is 3.67. The van der Waals surface area contributed by atoms with Gasteiger partial charge in [-0.2, -0.15) is 5.10 Å². The fourth-order valence-corrected chi connectivity index (χ4v) is 2.67. The molecule has 2 unspecified atom stereocenters. The van der Waals surface area contributed by atoms with Crippen LogP contribution in [-0.2, 0) is 4.79 Å². The van der Waals surface area contributed by atoms with Gasteiger partial charge in [-0.25, -0.2) is 0 Å². The first-order valence-electron chi connectivity index (χ1n) is 6.99. The first-order valence-corrected chi connectivity index (χ1v) is 7.78. The van der Waals surface area contributed by atoms with Crippen LogP contribution >= 0.6 is 15.9 Å². The van der Waals surface area contributed by atoms with Crippen LogP contribution in [0.4, 0.5) is 0 Å². The summed E-state index contributed by atoms with van der Waals surface area (Å²) in [7, 11) is 0. The van der Waals surface area contributed by atoms with Gasteiger partial charge in [0, 0.05) is 0 Å². The topological polar surface area (TPSA) is 72.9 Å². The fraction of sp³-hybridized carbons (Fsp3) is 0.714. The van der Waals surface area contributed by atoms with Crippen LogP contribution in [-0.4, -0.2) is 27.8 Å². The van der Waals surface area contributed by atoms with E-state index in [1.807, 2.05) is 25.5 Å². The van der Waals surface area contributed by atoms with Crippen LogP contribution in [0.2, 0.25) is 0 Å². The van der Waals surface area contributed by atoms with Crippen molar-refractivity contribution < 1.29 is 4.79 Å². The van der Waals surface area contributed by atoms with Crippen LogP contribution in [0.5, 0.6) is 0 Å². The smallest absolute Gasteiger partial charge is 0.237 e. The summed E-state index contributed by atoms with van der Waals surface area (Å²) in [4.78, 5) is 11.8. The second kappa shape index (κ2) is 6.72. The summed E-state index contributed by atoms with van der Waals surface area (Å²) in [5.41, 5.74) is 6.88. The minimum atomic E-state index is -0.714. The zero-order valence-electron chi connectivity index (χ0n) is 13.0. The average Bonchev–Trinajstić information content (AvgIpc) is 2.64. The Bertz CT molecular complexity index is 486. The van der Waals surface area contributed by atoms with Gasteiger partial charge in [0.15, 0.2) is 0 Å². The lowest BCUT2D eigenvalue weighted by Crippen LogP contribution is -2.54. The minimum absolute atomic E-state index is 0.0851. The van der Waals surface area contributed by atoms with E-state index in [1.54, 1.807) is 0 Å². The lowest BCUT2D eigenvalue weighted by atomic mass is 9.92. The van der Waals surface area contributed by atoms with E-state index in [1.165, 1.54) is 0 Å². The van der Waals surface area contributed by atoms with Gasteiger partial charge in [0.25, 0.3) is 0 Å². The molecule has 0 aliphatic carbocycles. The highest BCUT2D eigenvalue weighted by atomic mass is 79.9. The first-order chi connectivity index (χ1) is 9.23. The zero-order valence-corrected chi connectivity index (χ0v) is 14.5. The molecule has 1 aromatic rings. The Morgan fingerprint density at radius 3 is 2.55 bits per heavy atom. The molecular formula is C14H25BrN4O. The molecule has 0 saturated heterocycles. The van der Waals surface area contributed by atoms with Crippen LogP contribution in [0.15, 0.2) is 4.47 Å². The second-order valence-corrected chi connectivity index (χ2v) is 6.40. The predicted octanol–water partition coefficient (Wildman–Crippen LogP) is 2.46. The maximum absolute atomic E-state index is 11.8. The number of carbonyl (C=O) groups is 1. The number of aromatic nitrogens is 2. The van der Waals surface area contributed by atoms with Crippen molar-refractivity contribution in [3.63, 3.8) is 0 Å². The van der Waals surface area contributed by atoms with Crippen molar-refractivity contribution in [2.45, 2.75) is 59.0 Å². The van der Waals surface area contributed by atoms with Crippen molar-refractivity contribution in [3.8, 4) is 0 Å². The summed E-state index contributed by atoms with van der Waals surface area (Å²) in [5.74, 6) is -0.321. The Morgan fingerprint density at radius 2 is 2.15 bits per heavy atom. The van der Waals surface area contributed by atoms with E-state index in [9.17, 15) is 4.79 Å². The number of halogens is 1. The molecule has 0 fully saturated rings. The summed E-state index contributed by atoms with van der Waals surface area (Å²) >= 11 is 3.53. The molecule has 0 aliphatic heterocycles. The van der Waals surface area contributed by atoms with Crippen LogP contribution in [0.25, 0.3) is 0 Å². The molecule has 5 nitrogen and oxygen atoms in total. The molecule has 3 N–H and O–H groups in total. The van der Waals surface area contributed by atoms with Crippen LogP contribution in [0.1, 0.15) is 51.0 Å². The molecule has 1 heterocycles. The highest BCUT2D eigenvalue weighted by Crippen LogP contribution is 2.27. The molecule has 20 heavy (non-hydrogen) atoms. The molecule has 6 heteroatoms. The van der Waals surface area contributed by atoms with Crippen molar-refractivity contribution >= 4 is 21.8 Å². The third kappa shape index (κ3) is 3.61. The van der Waals surface area contributed by atoms with Crippen LogP contribution < -0.4 is 11.1 Å². The molecule has 0 aliphatic rings. The molecule has 0 saturated carbocycles. The van der Waals surface area contributed by atoms with E-state index in [4.69, 9.17) is 5.73 Å². The fourth-order valence-electron chi connectivity index (χ4n) is 2.41. The van der Waals surface area contributed by atoms with Crippen LogP contribution in [0, 0.1) is 13.8 Å². The van der Waals surface area contributed by atoms with Gasteiger partial charge in [-0.3, -0.25) is 9.48 Å². The van der Waals surface area contributed by atoms with Crippen molar-refractivity contribution in [3.05, 3.63) is 15.9 Å². The lowest BCUT2D eigenvalue weighted by molar-refractivity contribution is -0.124. The average molecular weight is 345 g/mol. The molecule has 0 aromatic carbocycles. The van der Waals surface area contributed by atoms with Gasteiger partial charge < -0.3 is 11.1 Å². The standard InChI is InChI=1S/C14H25BrN4O/c1-6-7-17-14(5,13(16)20)8-9(2)19-11(4)12(15)10(3)18-19/h9,17H,6-8H2,1-5H3,(H2,16,20). The van der Waals surface area contributed by atoms with E-state index in [0.29, 0.717) is 6.42 Å². The number of amides is 1. The molecule has 1 rings (SSSR count). The highest BCUT2D eigenvalue weighted by molar-refractivity contribution is 9.10. The van der Waals surface area contributed by atoms with Crippen molar-refractivity contribution in [1.82, 2.24) is 15.1 Å². The Balaban J connectivity index is 2.93. The van der Waals surface area contributed by atoms with Gasteiger partial charge in [-0.1, -0.05) is 6.92 Å². The van der Waals surface area contributed by atoms with Gasteiger partial charge in [0.2, 0.25) is 5.91 Å². The molecule has 114 valence electrons. The Morgan fingerprint density at radius 1 is 1.55 bits per heavy atom. The minimum Gasteiger partial charge on any atom is -0.368 e. The summed E-state index contributed by atoms with van der Waals surface area (Å²) in [6.45, 7) is 10.7. The summed E-state index contributed by atoms with van der Waals surface area (Å²) < 4.78 is 2.97. The normalized spacial score (nSPS) is 15.9.